The molecule has 5 aromatic carbocycles. The summed E-state index contributed by atoms with van der Waals surface area (Å²) >= 11 is 1.69. The molecule has 0 amide bonds. The van der Waals surface area contributed by atoms with E-state index in [1.54, 1.807) is 11.3 Å². The number of nitrogens with zero attached hydrogens (tertiary/aromatic N) is 2. The van der Waals surface area contributed by atoms with Gasteiger partial charge < -0.3 is 4.57 Å². The molecule has 2 heterocycles. The Hall–Kier alpha value is -3.95. The third-order valence-corrected chi connectivity index (χ3v) is 8.71. The van der Waals surface area contributed by atoms with Gasteiger partial charge in [-0.15, -0.1) is 11.3 Å². The molecule has 1 aliphatic carbocycles. The first kappa shape index (κ1) is 19.4. The molecule has 166 valence electrons. The van der Waals surface area contributed by atoms with E-state index in [1.807, 2.05) is 5.51 Å². The standard InChI is InChI=1S/C32H22N2S/c1-32(2)26-9-5-3-7-22(26)24-13-20-16-30-25(14-19(20)15-27(24)32)23-8-4-6-10-29(23)34(30)21-11-12-31-28(17-21)33-18-35-31/h3-18H,1-2H3. The summed E-state index contributed by atoms with van der Waals surface area (Å²) in [6.07, 6.45) is 0. The normalized spacial score (nSPS) is 14.2. The van der Waals surface area contributed by atoms with Gasteiger partial charge in [-0.3, -0.25) is 0 Å². The van der Waals surface area contributed by atoms with E-state index in [-0.39, 0.29) is 5.41 Å². The lowest BCUT2D eigenvalue weighted by molar-refractivity contribution is 0.661. The lowest BCUT2D eigenvalue weighted by atomic mass is 9.82. The molecule has 0 saturated heterocycles. The van der Waals surface area contributed by atoms with Crippen LogP contribution in [0.5, 0.6) is 0 Å². The van der Waals surface area contributed by atoms with E-state index in [2.05, 4.69) is 114 Å². The van der Waals surface area contributed by atoms with Crippen LogP contribution in [0.25, 0.3) is 59.6 Å². The molecule has 0 spiro atoms. The van der Waals surface area contributed by atoms with Crippen LogP contribution in [0.4, 0.5) is 0 Å². The van der Waals surface area contributed by atoms with Crippen molar-refractivity contribution in [1.82, 2.24) is 9.55 Å². The van der Waals surface area contributed by atoms with Gasteiger partial charge in [-0.2, -0.15) is 0 Å². The SMILES string of the molecule is CC1(C)c2ccccc2-c2cc3cc4c(cc3cc21)c1ccccc1n4-c1ccc2scnc2c1. The van der Waals surface area contributed by atoms with E-state index in [9.17, 15) is 0 Å². The topological polar surface area (TPSA) is 17.8 Å². The minimum atomic E-state index is 0.00597. The summed E-state index contributed by atoms with van der Waals surface area (Å²) in [6.45, 7) is 4.70. The number of thiazole rings is 1. The molecule has 0 radical (unpaired) electrons. The van der Waals surface area contributed by atoms with E-state index < -0.39 is 0 Å². The molecule has 35 heavy (non-hydrogen) atoms. The molecule has 8 rings (SSSR count). The summed E-state index contributed by atoms with van der Waals surface area (Å²) in [4.78, 5) is 4.58. The number of hydrogen-bond acceptors (Lipinski definition) is 2. The summed E-state index contributed by atoms with van der Waals surface area (Å²) in [5, 5.41) is 5.16. The van der Waals surface area contributed by atoms with Crippen molar-refractivity contribution in [1.29, 1.82) is 0 Å². The molecule has 0 bridgehead atoms. The van der Waals surface area contributed by atoms with Crippen molar-refractivity contribution in [3.63, 3.8) is 0 Å². The summed E-state index contributed by atoms with van der Waals surface area (Å²) in [7, 11) is 0. The molecule has 0 aliphatic heterocycles. The molecule has 2 aromatic heterocycles. The first-order chi connectivity index (χ1) is 17.1. The maximum Gasteiger partial charge on any atom is 0.0832 e. The fourth-order valence-corrected chi connectivity index (χ4v) is 6.83. The van der Waals surface area contributed by atoms with Gasteiger partial charge in [0.25, 0.3) is 0 Å². The lowest BCUT2D eigenvalue weighted by Crippen LogP contribution is -2.14. The van der Waals surface area contributed by atoms with Crippen molar-refractivity contribution in [2.75, 3.05) is 0 Å². The number of para-hydroxylation sites is 1. The van der Waals surface area contributed by atoms with Crippen LogP contribution in [0.2, 0.25) is 0 Å². The van der Waals surface area contributed by atoms with Crippen molar-refractivity contribution in [2.24, 2.45) is 0 Å². The van der Waals surface area contributed by atoms with Gasteiger partial charge in [0.05, 0.1) is 26.8 Å². The number of aromatic nitrogens is 2. The molecule has 0 fully saturated rings. The first-order valence-electron chi connectivity index (χ1n) is 12.0. The number of rotatable bonds is 1. The van der Waals surface area contributed by atoms with Gasteiger partial charge in [0.15, 0.2) is 0 Å². The van der Waals surface area contributed by atoms with Crippen molar-refractivity contribution in [3.8, 4) is 16.8 Å². The molecule has 2 nitrogen and oxygen atoms in total. The Morgan fingerprint density at radius 1 is 0.686 bits per heavy atom. The second-order valence-electron chi connectivity index (χ2n) is 10.1. The van der Waals surface area contributed by atoms with Gasteiger partial charge in [-0.05, 0) is 81.6 Å². The monoisotopic (exact) mass is 466 g/mol. The highest BCUT2D eigenvalue weighted by atomic mass is 32.1. The van der Waals surface area contributed by atoms with E-state index in [0.717, 1.165) is 11.2 Å². The molecule has 0 N–H and O–H groups in total. The Morgan fingerprint density at radius 3 is 2.46 bits per heavy atom. The molecule has 0 atom stereocenters. The van der Waals surface area contributed by atoms with Crippen LogP contribution in [0, 0.1) is 0 Å². The van der Waals surface area contributed by atoms with Gasteiger partial charge >= 0.3 is 0 Å². The minimum Gasteiger partial charge on any atom is -0.309 e. The van der Waals surface area contributed by atoms with E-state index >= 15 is 0 Å². The van der Waals surface area contributed by atoms with E-state index in [1.165, 1.54) is 59.5 Å². The summed E-state index contributed by atoms with van der Waals surface area (Å²) in [5.74, 6) is 0. The van der Waals surface area contributed by atoms with E-state index in [0.29, 0.717) is 0 Å². The Morgan fingerprint density at radius 2 is 1.51 bits per heavy atom. The zero-order chi connectivity index (χ0) is 23.3. The Kier molecular flexibility index (Phi) is 3.64. The van der Waals surface area contributed by atoms with Crippen molar-refractivity contribution in [2.45, 2.75) is 19.3 Å². The fourth-order valence-electron chi connectivity index (χ4n) is 6.18. The van der Waals surface area contributed by atoms with Gasteiger partial charge in [-0.25, -0.2) is 4.98 Å². The highest BCUT2D eigenvalue weighted by molar-refractivity contribution is 7.16. The third kappa shape index (κ3) is 2.51. The Labute approximate surface area is 207 Å². The molecule has 1 aliphatic rings. The number of fused-ring (bicyclic) bond motifs is 8. The maximum absolute atomic E-state index is 4.58. The van der Waals surface area contributed by atoms with Gasteiger partial charge in [-0.1, -0.05) is 56.3 Å². The highest BCUT2D eigenvalue weighted by Gasteiger charge is 2.35. The number of hydrogen-bond donors (Lipinski definition) is 0. The van der Waals surface area contributed by atoms with Crippen molar-refractivity contribution in [3.05, 3.63) is 108 Å². The van der Waals surface area contributed by atoms with Gasteiger partial charge in [0.1, 0.15) is 0 Å². The maximum atomic E-state index is 4.58. The Balaban J connectivity index is 1.48. The second kappa shape index (κ2) is 6.59. The zero-order valence-corrected chi connectivity index (χ0v) is 20.4. The predicted molar refractivity (Wildman–Crippen MR) is 149 cm³/mol. The van der Waals surface area contributed by atoms with Crippen LogP contribution < -0.4 is 0 Å². The number of benzene rings is 5. The van der Waals surface area contributed by atoms with Gasteiger partial charge in [0.2, 0.25) is 0 Å². The zero-order valence-electron chi connectivity index (χ0n) is 19.5. The minimum absolute atomic E-state index is 0.00597. The average Bonchev–Trinajstić information content (AvgIpc) is 3.53. The molecular weight excluding hydrogens is 444 g/mol. The average molecular weight is 467 g/mol. The van der Waals surface area contributed by atoms with Crippen LogP contribution >= 0.6 is 11.3 Å². The van der Waals surface area contributed by atoms with Crippen molar-refractivity contribution < 1.29 is 0 Å². The Bertz CT molecular complexity index is 1990. The summed E-state index contributed by atoms with van der Waals surface area (Å²) in [6, 6.07) is 33.8. The molecule has 3 heteroatoms. The molecular formula is C32H22N2S. The first-order valence-corrected chi connectivity index (χ1v) is 12.9. The van der Waals surface area contributed by atoms with Crippen LogP contribution in [-0.2, 0) is 5.41 Å². The van der Waals surface area contributed by atoms with E-state index in [4.69, 9.17) is 0 Å². The quantitative estimate of drug-likeness (QED) is 0.236. The third-order valence-electron chi connectivity index (χ3n) is 7.90. The van der Waals surface area contributed by atoms with Crippen LogP contribution in [0.15, 0.2) is 96.5 Å². The highest BCUT2D eigenvalue weighted by Crippen LogP contribution is 2.50. The van der Waals surface area contributed by atoms with Crippen LogP contribution in [0.3, 0.4) is 0 Å². The summed E-state index contributed by atoms with van der Waals surface area (Å²) in [5.41, 5.74) is 12.2. The lowest BCUT2D eigenvalue weighted by Gasteiger charge is -2.21. The van der Waals surface area contributed by atoms with Crippen molar-refractivity contribution >= 4 is 54.1 Å². The molecule has 0 unspecified atom stereocenters. The van der Waals surface area contributed by atoms with Crippen LogP contribution in [-0.4, -0.2) is 9.55 Å². The smallest absolute Gasteiger partial charge is 0.0832 e. The fraction of sp³-hybridized carbons (Fsp3) is 0.0938. The van der Waals surface area contributed by atoms with Crippen LogP contribution in [0.1, 0.15) is 25.0 Å². The molecule has 7 aromatic rings. The molecule has 0 saturated carbocycles. The predicted octanol–water partition coefficient (Wildman–Crippen LogP) is 8.85. The summed E-state index contributed by atoms with van der Waals surface area (Å²) < 4.78 is 3.62. The van der Waals surface area contributed by atoms with Gasteiger partial charge in [0, 0.05) is 21.9 Å². The second-order valence-corrected chi connectivity index (χ2v) is 11.0. The largest absolute Gasteiger partial charge is 0.309 e.